The lowest BCUT2D eigenvalue weighted by molar-refractivity contribution is -0.148. The van der Waals surface area contributed by atoms with Crippen LogP contribution in [-0.2, 0) is 9.59 Å². The highest BCUT2D eigenvalue weighted by molar-refractivity contribution is 5.95. The number of benzene rings is 1. The van der Waals surface area contributed by atoms with Crippen LogP contribution in [0.5, 0.6) is 0 Å². The Morgan fingerprint density at radius 1 is 1.31 bits per heavy atom. The van der Waals surface area contributed by atoms with Crippen molar-refractivity contribution in [1.82, 2.24) is 10.2 Å². The van der Waals surface area contributed by atoms with Crippen LogP contribution in [0.2, 0.25) is 0 Å². The summed E-state index contributed by atoms with van der Waals surface area (Å²) in [6, 6.07) is 5.29. The van der Waals surface area contributed by atoms with E-state index in [1.54, 1.807) is 4.90 Å². The van der Waals surface area contributed by atoms with Gasteiger partial charge in [0.1, 0.15) is 11.4 Å². The molecule has 0 aromatic heterocycles. The molecule has 1 saturated heterocycles. The van der Waals surface area contributed by atoms with Gasteiger partial charge in [0.05, 0.1) is 5.92 Å². The molecule has 2 atom stereocenters. The van der Waals surface area contributed by atoms with Gasteiger partial charge in [0, 0.05) is 18.7 Å². The van der Waals surface area contributed by atoms with Gasteiger partial charge in [-0.2, -0.15) is 0 Å². The summed E-state index contributed by atoms with van der Waals surface area (Å²) in [5.41, 5.74) is -0.941. The van der Waals surface area contributed by atoms with Crippen molar-refractivity contribution in [2.24, 2.45) is 5.92 Å². The Labute approximate surface area is 152 Å². The van der Waals surface area contributed by atoms with E-state index < -0.39 is 23.2 Å². The fraction of sp³-hybridized carbons (Fsp3) is 0.526. The van der Waals surface area contributed by atoms with Crippen LogP contribution in [0.15, 0.2) is 24.3 Å². The molecular weight excluding hydrogens is 339 g/mol. The zero-order valence-corrected chi connectivity index (χ0v) is 15.1. The van der Waals surface area contributed by atoms with Gasteiger partial charge in [-0.25, -0.2) is 9.18 Å². The second kappa shape index (κ2) is 8.29. The smallest absolute Gasteiger partial charge is 0.329 e. The van der Waals surface area contributed by atoms with Crippen molar-refractivity contribution >= 4 is 17.8 Å². The molecule has 0 spiro atoms. The molecule has 1 aliphatic heterocycles. The number of piperidine rings is 1. The van der Waals surface area contributed by atoms with Crippen LogP contribution in [0.1, 0.15) is 49.9 Å². The zero-order chi connectivity index (χ0) is 19.3. The van der Waals surface area contributed by atoms with Gasteiger partial charge in [-0.3, -0.25) is 9.59 Å². The summed E-state index contributed by atoms with van der Waals surface area (Å²) in [6.07, 6.45) is 2.21. The topological polar surface area (TPSA) is 86.7 Å². The fourth-order valence-electron chi connectivity index (χ4n) is 3.25. The molecule has 2 N–H and O–H groups in total. The maximum absolute atomic E-state index is 13.0. The molecule has 1 fully saturated rings. The molecule has 6 nitrogen and oxygen atoms in total. The maximum atomic E-state index is 13.0. The third-order valence-corrected chi connectivity index (χ3v) is 4.79. The number of carboxylic acid groups (broad SMARTS) is 1. The van der Waals surface area contributed by atoms with E-state index in [1.807, 2.05) is 6.92 Å². The van der Waals surface area contributed by atoms with Crippen LogP contribution in [0.25, 0.3) is 0 Å². The Balaban J connectivity index is 2.05. The number of nitrogens with one attached hydrogen (secondary N) is 1. The molecule has 0 radical (unpaired) electrons. The van der Waals surface area contributed by atoms with Crippen LogP contribution in [0.3, 0.4) is 0 Å². The van der Waals surface area contributed by atoms with Crippen molar-refractivity contribution in [2.75, 3.05) is 13.1 Å². The summed E-state index contributed by atoms with van der Waals surface area (Å²) in [7, 11) is 0. The molecule has 26 heavy (non-hydrogen) atoms. The average molecular weight is 364 g/mol. The Bertz CT molecular complexity index is 677. The minimum Gasteiger partial charge on any atom is -0.480 e. The van der Waals surface area contributed by atoms with Crippen molar-refractivity contribution in [1.29, 1.82) is 0 Å². The van der Waals surface area contributed by atoms with Crippen molar-refractivity contribution in [3.8, 4) is 0 Å². The molecule has 142 valence electrons. The third-order valence-electron chi connectivity index (χ3n) is 4.79. The summed E-state index contributed by atoms with van der Waals surface area (Å²) >= 11 is 0. The molecule has 1 aliphatic rings. The number of nitrogens with zero attached hydrogens (tertiary/aromatic N) is 1. The monoisotopic (exact) mass is 364 g/mol. The van der Waals surface area contributed by atoms with Crippen LogP contribution < -0.4 is 5.32 Å². The molecule has 0 aliphatic carbocycles. The number of rotatable bonds is 6. The van der Waals surface area contributed by atoms with Gasteiger partial charge in [0.25, 0.3) is 5.91 Å². The van der Waals surface area contributed by atoms with Crippen LogP contribution in [0, 0.1) is 11.7 Å². The van der Waals surface area contributed by atoms with E-state index >= 15 is 0 Å². The molecule has 7 heteroatoms. The normalized spacial score (nSPS) is 19.5. The number of aliphatic carboxylic acids is 1. The first kappa shape index (κ1) is 19.9. The number of carbonyl (C=O) groups excluding carboxylic acids is 2. The summed E-state index contributed by atoms with van der Waals surface area (Å²) in [5, 5.41) is 12.1. The molecule has 0 saturated carbocycles. The molecule has 2 rings (SSSR count). The second-order valence-electron chi connectivity index (χ2n) is 6.97. The minimum absolute atomic E-state index is 0.226. The quantitative estimate of drug-likeness (QED) is 0.812. The summed E-state index contributed by atoms with van der Waals surface area (Å²) < 4.78 is 13.0. The zero-order valence-electron chi connectivity index (χ0n) is 15.1. The van der Waals surface area contributed by atoms with Crippen LogP contribution in [0.4, 0.5) is 4.39 Å². The van der Waals surface area contributed by atoms with Crippen molar-refractivity contribution < 1.29 is 23.9 Å². The van der Waals surface area contributed by atoms with E-state index in [9.17, 15) is 23.9 Å². The highest BCUT2D eigenvalue weighted by Crippen LogP contribution is 2.21. The number of hydrogen-bond donors (Lipinski definition) is 2. The number of hydrogen-bond acceptors (Lipinski definition) is 3. The predicted molar refractivity (Wildman–Crippen MR) is 94.1 cm³/mol. The van der Waals surface area contributed by atoms with Gasteiger partial charge in [-0.1, -0.05) is 13.3 Å². The first-order chi connectivity index (χ1) is 12.3. The molecule has 0 bridgehead atoms. The van der Waals surface area contributed by atoms with E-state index in [4.69, 9.17) is 0 Å². The number of halogens is 1. The van der Waals surface area contributed by atoms with E-state index in [0.29, 0.717) is 37.8 Å². The molecular formula is C19H25FN2O4. The van der Waals surface area contributed by atoms with Crippen molar-refractivity contribution in [2.45, 2.75) is 45.1 Å². The standard InChI is InChI=1S/C19H25FN2O4/c1-3-10-19(2,18(25)26)21-16(23)14-5-4-11-22(12-14)17(24)13-6-8-15(20)9-7-13/h6-9,14H,3-5,10-12H2,1-2H3,(H,21,23)(H,25,26). The van der Waals surface area contributed by atoms with Gasteiger partial charge in [0.15, 0.2) is 0 Å². The average Bonchev–Trinajstić information content (AvgIpc) is 2.62. The second-order valence-corrected chi connectivity index (χ2v) is 6.97. The van der Waals surface area contributed by atoms with Gasteiger partial charge in [-0.15, -0.1) is 0 Å². The van der Waals surface area contributed by atoms with Gasteiger partial charge >= 0.3 is 5.97 Å². The Kier molecular flexibility index (Phi) is 6.34. The molecule has 1 aromatic carbocycles. The van der Waals surface area contributed by atoms with E-state index in [0.717, 1.165) is 0 Å². The number of likely N-dealkylation sites (tertiary alicyclic amines) is 1. The van der Waals surface area contributed by atoms with Crippen molar-refractivity contribution in [3.63, 3.8) is 0 Å². The largest absolute Gasteiger partial charge is 0.480 e. The molecule has 1 aromatic rings. The number of amides is 2. The highest BCUT2D eigenvalue weighted by atomic mass is 19.1. The SMILES string of the molecule is CCCC(C)(NC(=O)C1CCCN(C(=O)c2ccc(F)cc2)C1)C(=O)O. The molecule has 1 heterocycles. The molecule has 2 unspecified atom stereocenters. The maximum Gasteiger partial charge on any atom is 0.329 e. The van der Waals surface area contributed by atoms with Crippen molar-refractivity contribution in [3.05, 3.63) is 35.6 Å². The lowest BCUT2D eigenvalue weighted by atomic mass is 9.92. The summed E-state index contributed by atoms with van der Waals surface area (Å²) in [6.45, 7) is 4.10. The van der Waals surface area contributed by atoms with Crippen LogP contribution >= 0.6 is 0 Å². The van der Waals surface area contributed by atoms with Gasteiger partial charge in [-0.05, 0) is 50.5 Å². The first-order valence-corrected chi connectivity index (χ1v) is 8.87. The molecule has 2 amide bonds. The highest BCUT2D eigenvalue weighted by Gasteiger charge is 2.37. The first-order valence-electron chi connectivity index (χ1n) is 8.87. The Morgan fingerprint density at radius 2 is 1.96 bits per heavy atom. The van der Waals surface area contributed by atoms with E-state index in [1.165, 1.54) is 31.2 Å². The Morgan fingerprint density at radius 3 is 2.54 bits per heavy atom. The third kappa shape index (κ3) is 4.59. The minimum atomic E-state index is -1.31. The lowest BCUT2D eigenvalue weighted by Crippen LogP contribution is -2.55. The van der Waals surface area contributed by atoms with Crippen LogP contribution in [-0.4, -0.2) is 46.4 Å². The van der Waals surface area contributed by atoms with E-state index in [-0.39, 0.29) is 18.4 Å². The summed E-state index contributed by atoms with van der Waals surface area (Å²) in [4.78, 5) is 38.2. The predicted octanol–water partition coefficient (Wildman–Crippen LogP) is 2.44. The number of carbonyl (C=O) groups is 3. The lowest BCUT2D eigenvalue weighted by Gasteiger charge is -2.34. The van der Waals surface area contributed by atoms with Gasteiger partial charge < -0.3 is 15.3 Å². The number of carboxylic acids is 1. The van der Waals surface area contributed by atoms with Gasteiger partial charge in [0.2, 0.25) is 5.91 Å². The van der Waals surface area contributed by atoms with E-state index in [2.05, 4.69) is 5.32 Å². The fourth-order valence-corrected chi connectivity index (χ4v) is 3.25. The summed E-state index contributed by atoms with van der Waals surface area (Å²) in [5.74, 6) is -2.54. The Hall–Kier alpha value is -2.44.